The number of allylic oxidation sites excluding steroid dienone is 2. The van der Waals surface area contributed by atoms with Crippen LogP contribution in [0, 0.1) is 35.5 Å². The Morgan fingerprint density at radius 1 is 0.537 bits per heavy atom. The highest BCUT2D eigenvalue weighted by Crippen LogP contribution is 2.33. The van der Waals surface area contributed by atoms with E-state index in [2.05, 4.69) is 87.4 Å². The van der Waals surface area contributed by atoms with Gasteiger partial charge in [-0.15, -0.1) is 0 Å². The van der Waals surface area contributed by atoms with E-state index in [1.807, 2.05) is 0 Å². The second kappa shape index (κ2) is 35.7. The summed E-state index contributed by atoms with van der Waals surface area (Å²) >= 11 is 0. The number of ether oxygens (including phenoxy) is 2. The van der Waals surface area contributed by atoms with Crippen LogP contribution < -0.4 is 10.9 Å². The van der Waals surface area contributed by atoms with Crippen LogP contribution in [0.15, 0.2) is 33.7 Å². The smallest absolute Gasteiger partial charge is 0.0462 e. The lowest BCUT2D eigenvalue weighted by Crippen LogP contribution is -2.19. The summed E-state index contributed by atoms with van der Waals surface area (Å²) < 4.78 is 10.2. The summed E-state index contributed by atoms with van der Waals surface area (Å²) in [6.45, 7) is 15.1. The standard InChI is InChI=1S/2C19H34N2O.2C5H12/c2*1-22-14-7-5-3-2-4-6-9-17-10-8-11-18-15-20-21-16-19(18)13-12-17;2*1-4-5(2)3/h15-17,19-20H,2-14H2,1H3;15-18,21H,2-14H2,1H3;2*5H,4H2,1-3H3. The molecule has 2 fully saturated rings. The van der Waals surface area contributed by atoms with Crippen molar-refractivity contribution in [3.63, 3.8) is 0 Å². The monoisotopic (exact) mass is 757 g/mol. The minimum atomic E-state index is 0.616. The summed E-state index contributed by atoms with van der Waals surface area (Å²) in [7, 11) is 3.59. The fraction of sp³-hybridized carbons (Fsp3) is 0.875. The Hall–Kier alpha value is -1.66. The molecule has 6 heteroatoms. The summed E-state index contributed by atoms with van der Waals surface area (Å²) in [6, 6.07) is 0. The minimum Gasteiger partial charge on any atom is -0.385 e. The Morgan fingerprint density at radius 2 is 0.963 bits per heavy atom. The fourth-order valence-corrected chi connectivity index (χ4v) is 7.59. The van der Waals surface area contributed by atoms with Gasteiger partial charge >= 0.3 is 0 Å². The van der Waals surface area contributed by atoms with Gasteiger partial charge in [-0.1, -0.05) is 151 Å². The Bertz CT molecular complexity index is 950. The third-order valence-electron chi connectivity index (χ3n) is 12.1. The molecule has 0 saturated heterocycles. The molecule has 2 aliphatic carbocycles. The molecule has 4 aliphatic rings. The van der Waals surface area contributed by atoms with Crippen molar-refractivity contribution in [1.82, 2.24) is 10.9 Å². The molecule has 4 rings (SSSR count). The summed E-state index contributed by atoms with van der Waals surface area (Å²) in [6.07, 6.45) is 43.9. The van der Waals surface area contributed by atoms with Crippen molar-refractivity contribution in [1.29, 1.82) is 0 Å². The van der Waals surface area contributed by atoms with Gasteiger partial charge in [0.1, 0.15) is 0 Å². The van der Waals surface area contributed by atoms with Crippen molar-refractivity contribution in [2.75, 3.05) is 27.4 Å². The molecule has 2 saturated carbocycles. The molecule has 0 aromatic rings. The van der Waals surface area contributed by atoms with Crippen molar-refractivity contribution in [2.45, 2.75) is 208 Å². The maximum atomic E-state index is 5.09. The molecule has 2 aliphatic heterocycles. The van der Waals surface area contributed by atoms with Gasteiger partial charge in [-0.2, -0.15) is 10.2 Å². The van der Waals surface area contributed by atoms with Crippen molar-refractivity contribution < 1.29 is 9.47 Å². The molecular weight excluding hydrogens is 665 g/mol. The Balaban J connectivity index is 0.000000432. The zero-order chi connectivity index (χ0) is 39.5. The normalized spacial score (nSPS) is 22.0. The molecule has 4 atom stereocenters. The van der Waals surface area contributed by atoms with Gasteiger partial charge in [-0.25, -0.2) is 0 Å². The minimum absolute atomic E-state index is 0.616. The highest BCUT2D eigenvalue weighted by atomic mass is 16.5. The highest BCUT2D eigenvalue weighted by Gasteiger charge is 2.22. The first-order valence-corrected chi connectivity index (χ1v) is 23.3. The zero-order valence-electron chi connectivity index (χ0n) is 37.3. The maximum Gasteiger partial charge on any atom is 0.0462 e. The summed E-state index contributed by atoms with van der Waals surface area (Å²) in [4.78, 5) is 0. The van der Waals surface area contributed by atoms with Crippen molar-refractivity contribution in [2.24, 2.45) is 45.7 Å². The van der Waals surface area contributed by atoms with Crippen LogP contribution in [0.1, 0.15) is 208 Å². The molecule has 316 valence electrons. The molecule has 0 aromatic heterocycles. The van der Waals surface area contributed by atoms with E-state index in [1.165, 1.54) is 167 Å². The van der Waals surface area contributed by atoms with E-state index < -0.39 is 0 Å². The van der Waals surface area contributed by atoms with Crippen molar-refractivity contribution in [3.8, 4) is 0 Å². The van der Waals surface area contributed by atoms with Crippen LogP contribution in [0.25, 0.3) is 0 Å². The molecular formula is C48H92N4O2. The van der Waals surface area contributed by atoms with Crippen LogP contribution in [0.3, 0.4) is 0 Å². The van der Waals surface area contributed by atoms with Gasteiger partial charge in [0, 0.05) is 64.1 Å². The third-order valence-corrected chi connectivity index (χ3v) is 12.1. The van der Waals surface area contributed by atoms with Crippen molar-refractivity contribution >= 4 is 12.4 Å². The van der Waals surface area contributed by atoms with E-state index in [4.69, 9.17) is 9.47 Å². The van der Waals surface area contributed by atoms with E-state index in [0.29, 0.717) is 11.8 Å². The van der Waals surface area contributed by atoms with E-state index in [-0.39, 0.29) is 0 Å². The number of fused-ring (bicyclic) bond motifs is 2. The number of nitrogens with zero attached hydrogens (tertiary/aromatic N) is 2. The van der Waals surface area contributed by atoms with Crippen LogP contribution in [-0.2, 0) is 9.47 Å². The SMILES string of the molecule is CCC(C)C.CCC(C)C.COCCCCCCCCC1CCCC2=CNN=CC2CC1.COCCCCCCCCC1CCCC2C=NNC=C2CC1. The van der Waals surface area contributed by atoms with E-state index >= 15 is 0 Å². The van der Waals surface area contributed by atoms with Crippen LogP contribution >= 0.6 is 0 Å². The molecule has 0 amide bonds. The first kappa shape index (κ1) is 50.4. The summed E-state index contributed by atoms with van der Waals surface area (Å²) in [5.41, 5.74) is 9.19. The van der Waals surface area contributed by atoms with Crippen LogP contribution in [0.5, 0.6) is 0 Å². The van der Waals surface area contributed by atoms with Gasteiger partial charge in [-0.05, 0) is 92.6 Å². The molecule has 6 nitrogen and oxygen atoms in total. The summed E-state index contributed by atoms with van der Waals surface area (Å²) in [5, 5.41) is 8.41. The first-order valence-electron chi connectivity index (χ1n) is 23.3. The number of hydrogen-bond acceptors (Lipinski definition) is 6. The number of methoxy groups -OCH3 is 2. The third kappa shape index (κ3) is 27.8. The fourth-order valence-electron chi connectivity index (χ4n) is 7.59. The number of rotatable bonds is 20. The van der Waals surface area contributed by atoms with E-state index in [9.17, 15) is 0 Å². The molecule has 0 spiro atoms. The van der Waals surface area contributed by atoms with Crippen molar-refractivity contribution in [3.05, 3.63) is 23.5 Å². The lowest BCUT2D eigenvalue weighted by Gasteiger charge is -2.26. The van der Waals surface area contributed by atoms with Gasteiger partial charge in [0.05, 0.1) is 0 Å². The Labute approximate surface area is 337 Å². The average molecular weight is 757 g/mol. The van der Waals surface area contributed by atoms with E-state index in [0.717, 1.165) is 36.9 Å². The second-order valence-corrected chi connectivity index (χ2v) is 17.5. The number of hydrazone groups is 2. The van der Waals surface area contributed by atoms with Gasteiger partial charge in [-0.3, -0.25) is 10.9 Å². The van der Waals surface area contributed by atoms with Crippen LogP contribution in [-0.4, -0.2) is 39.9 Å². The topological polar surface area (TPSA) is 67.2 Å². The zero-order valence-corrected chi connectivity index (χ0v) is 37.3. The van der Waals surface area contributed by atoms with Gasteiger partial charge in [0.15, 0.2) is 0 Å². The molecule has 54 heavy (non-hydrogen) atoms. The molecule has 0 bridgehead atoms. The van der Waals surface area contributed by atoms with Crippen LogP contribution in [0.4, 0.5) is 0 Å². The lowest BCUT2D eigenvalue weighted by molar-refractivity contribution is 0.192. The Morgan fingerprint density at radius 3 is 1.46 bits per heavy atom. The largest absolute Gasteiger partial charge is 0.385 e. The van der Waals surface area contributed by atoms with Gasteiger partial charge in [0.25, 0.3) is 0 Å². The quantitative estimate of drug-likeness (QED) is 0.121. The highest BCUT2D eigenvalue weighted by molar-refractivity contribution is 5.66. The summed E-state index contributed by atoms with van der Waals surface area (Å²) in [5.74, 6) is 4.91. The average Bonchev–Trinajstić information content (AvgIpc) is 3.16. The Kier molecular flexibility index (Phi) is 33.3. The van der Waals surface area contributed by atoms with Gasteiger partial charge < -0.3 is 9.47 Å². The second-order valence-electron chi connectivity index (χ2n) is 17.5. The lowest BCUT2D eigenvalue weighted by atomic mass is 9.81. The molecule has 4 unspecified atom stereocenters. The first-order chi connectivity index (χ1) is 26.3. The number of nitrogens with one attached hydrogen (secondary N) is 2. The maximum absolute atomic E-state index is 5.09. The number of hydrogen-bond donors (Lipinski definition) is 2. The van der Waals surface area contributed by atoms with Crippen LogP contribution in [0.2, 0.25) is 0 Å². The molecule has 0 radical (unpaired) electrons. The molecule has 0 aromatic carbocycles. The number of unbranched alkanes of at least 4 members (excludes halogenated alkanes) is 10. The molecule has 2 N–H and O–H groups in total. The predicted molar refractivity (Wildman–Crippen MR) is 238 cm³/mol. The predicted octanol–water partition coefficient (Wildman–Crippen LogP) is 14.2. The molecule has 2 heterocycles. The van der Waals surface area contributed by atoms with Gasteiger partial charge in [0.2, 0.25) is 0 Å². The van der Waals surface area contributed by atoms with E-state index in [1.54, 1.807) is 25.4 Å².